The lowest BCUT2D eigenvalue weighted by Crippen LogP contribution is -2.43. The molecule has 1 rings (SSSR count). The van der Waals surface area contributed by atoms with Crippen LogP contribution in [0.5, 0.6) is 0 Å². The fourth-order valence-electron chi connectivity index (χ4n) is 1.78. The zero-order valence-electron chi connectivity index (χ0n) is 8.01. The molecule has 0 aromatic heterocycles. The molecule has 0 aliphatic carbocycles. The molecular formula is C10H18O2. The van der Waals surface area contributed by atoms with Crippen LogP contribution in [0.15, 0.2) is 0 Å². The Morgan fingerprint density at radius 3 is 2.75 bits per heavy atom. The first-order valence-corrected chi connectivity index (χ1v) is 4.85. The summed E-state index contributed by atoms with van der Waals surface area (Å²) in [6.07, 6.45) is 5.17. The van der Waals surface area contributed by atoms with E-state index in [1.165, 1.54) is 0 Å². The maximum absolute atomic E-state index is 11.0. The summed E-state index contributed by atoms with van der Waals surface area (Å²) in [5, 5.41) is 0. The lowest BCUT2D eigenvalue weighted by atomic mass is 9.82. The Morgan fingerprint density at radius 1 is 1.58 bits per heavy atom. The summed E-state index contributed by atoms with van der Waals surface area (Å²) in [6, 6.07) is 0. The Morgan fingerprint density at radius 2 is 2.33 bits per heavy atom. The summed E-state index contributed by atoms with van der Waals surface area (Å²) >= 11 is 0. The average Bonchev–Trinajstić information content (AvgIpc) is 2.17. The molecule has 2 heteroatoms. The first kappa shape index (κ1) is 9.72. The van der Waals surface area contributed by atoms with Crippen molar-refractivity contribution in [2.24, 2.45) is 5.92 Å². The van der Waals surface area contributed by atoms with E-state index in [-0.39, 0.29) is 0 Å². The summed E-state index contributed by atoms with van der Waals surface area (Å²) in [7, 11) is 0. The number of ether oxygens (including phenoxy) is 1. The quantitative estimate of drug-likeness (QED) is 0.607. The SMILES string of the molecule is CCC(C)C1(C=O)CCCCO1. The van der Waals surface area contributed by atoms with E-state index in [1.807, 2.05) is 0 Å². The van der Waals surface area contributed by atoms with Gasteiger partial charge in [0, 0.05) is 6.61 Å². The van der Waals surface area contributed by atoms with Crippen LogP contribution in [0, 0.1) is 5.92 Å². The molecule has 0 spiro atoms. The van der Waals surface area contributed by atoms with Crippen molar-refractivity contribution in [2.45, 2.75) is 45.1 Å². The molecule has 2 unspecified atom stereocenters. The minimum absolute atomic E-state index is 0.357. The van der Waals surface area contributed by atoms with Gasteiger partial charge >= 0.3 is 0 Å². The molecule has 0 saturated carbocycles. The van der Waals surface area contributed by atoms with Crippen LogP contribution in [0.4, 0.5) is 0 Å². The maximum atomic E-state index is 11.0. The van der Waals surface area contributed by atoms with Crippen molar-refractivity contribution in [1.82, 2.24) is 0 Å². The first-order valence-electron chi connectivity index (χ1n) is 4.85. The van der Waals surface area contributed by atoms with Gasteiger partial charge in [0.2, 0.25) is 0 Å². The second kappa shape index (κ2) is 4.04. The van der Waals surface area contributed by atoms with Crippen LogP contribution in [-0.2, 0) is 9.53 Å². The third-order valence-electron chi connectivity index (χ3n) is 2.98. The lowest BCUT2D eigenvalue weighted by molar-refractivity contribution is -0.147. The summed E-state index contributed by atoms with van der Waals surface area (Å²) < 4.78 is 5.60. The number of hydrogen-bond acceptors (Lipinski definition) is 2. The molecular weight excluding hydrogens is 152 g/mol. The Bertz CT molecular complexity index is 148. The van der Waals surface area contributed by atoms with Gasteiger partial charge in [-0.3, -0.25) is 0 Å². The molecule has 0 aromatic rings. The number of carbonyl (C=O) groups is 1. The summed E-state index contributed by atoms with van der Waals surface area (Å²) in [4.78, 5) is 11.0. The van der Waals surface area contributed by atoms with E-state index in [1.54, 1.807) is 0 Å². The predicted molar refractivity (Wildman–Crippen MR) is 48.1 cm³/mol. The third-order valence-corrected chi connectivity index (χ3v) is 2.98. The van der Waals surface area contributed by atoms with Gasteiger partial charge in [0.15, 0.2) is 6.29 Å². The summed E-state index contributed by atoms with van der Waals surface area (Å²) in [6.45, 7) is 4.96. The van der Waals surface area contributed by atoms with Gasteiger partial charge < -0.3 is 9.53 Å². The molecule has 0 bridgehead atoms. The van der Waals surface area contributed by atoms with Crippen LogP contribution >= 0.6 is 0 Å². The monoisotopic (exact) mass is 170 g/mol. The minimum atomic E-state index is -0.451. The number of aldehydes is 1. The largest absolute Gasteiger partial charge is 0.367 e. The van der Waals surface area contributed by atoms with E-state index in [0.717, 1.165) is 38.6 Å². The highest BCUT2D eigenvalue weighted by Gasteiger charge is 2.37. The number of rotatable bonds is 3. The van der Waals surface area contributed by atoms with Crippen molar-refractivity contribution in [1.29, 1.82) is 0 Å². The van der Waals surface area contributed by atoms with Crippen molar-refractivity contribution in [3.05, 3.63) is 0 Å². The smallest absolute Gasteiger partial charge is 0.152 e. The van der Waals surface area contributed by atoms with Crippen molar-refractivity contribution in [3.63, 3.8) is 0 Å². The maximum Gasteiger partial charge on any atom is 0.152 e. The fourth-order valence-corrected chi connectivity index (χ4v) is 1.78. The third kappa shape index (κ3) is 1.69. The van der Waals surface area contributed by atoms with E-state index in [2.05, 4.69) is 13.8 Å². The topological polar surface area (TPSA) is 26.3 Å². The molecule has 1 fully saturated rings. The van der Waals surface area contributed by atoms with Crippen LogP contribution in [-0.4, -0.2) is 18.5 Å². The summed E-state index contributed by atoms with van der Waals surface area (Å²) in [5.41, 5.74) is -0.451. The second-order valence-electron chi connectivity index (χ2n) is 3.69. The predicted octanol–water partition coefficient (Wildman–Crippen LogP) is 2.17. The van der Waals surface area contributed by atoms with Crippen LogP contribution in [0.3, 0.4) is 0 Å². The molecule has 1 aliphatic heterocycles. The standard InChI is InChI=1S/C10H18O2/c1-3-9(2)10(8-11)6-4-5-7-12-10/h8-9H,3-7H2,1-2H3. The van der Waals surface area contributed by atoms with Gasteiger partial charge in [0.05, 0.1) is 0 Å². The van der Waals surface area contributed by atoms with Crippen molar-refractivity contribution < 1.29 is 9.53 Å². The lowest BCUT2D eigenvalue weighted by Gasteiger charge is -2.37. The van der Waals surface area contributed by atoms with Gasteiger partial charge in [-0.2, -0.15) is 0 Å². The van der Waals surface area contributed by atoms with E-state index < -0.39 is 5.60 Å². The molecule has 2 nitrogen and oxygen atoms in total. The molecule has 2 atom stereocenters. The highest BCUT2D eigenvalue weighted by atomic mass is 16.5. The molecule has 0 amide bonds. The van der Waals surface area contributed by atoms with Crippen LogP contribution in [0.25, 0.3) is 0 Å². The van der Waals surface area contributed by atoms with Gasteiger partial charge in [0.25, 0.3) is 0 Å². The highest BCUT2D eigenvalue weighted by Crippen LogP contribution is 2.31. The average molecular weight is 170 g/mol. The highest BCUT2D eigenvalue weighted by molar-refractivity contribution is 5.63. The Kier molecular flexibility index (Phi) is 3.27. The van der Waals surface area contributed by atoms with Crippen LogP contribution in [0.2, 0.25) is 0 Å². The Labute approximate surface area is 74.3 Å². The van der Waals surface area contributed by atoms with Gasteiger partial charge in [-0.15, -0.1) is 0 Å². The second-order valence-corrected chi connectivity index (χ2v) is 3.69. The Balaban J connectivity index is 2.65. The molecule has 0 aromatic carbocycles. The van der Waals surface area contributed by atoms with Crippen molar-refractivity contribution in [3.8, 4) is 0 Å². The zero-order valence-corrected chi connectivity index (χ0v) is 8.01. The van der Waals surface area contributed by atoms with E-state index in [9.17, 15) is 4.79 Å². The van der Waals surface area contributed by atoms with Gasteiger partial charge in [0.1, 0.15) is 5.60 Å². The molecule has 1 saturated heterocycles. The molecule has 0 N–H and O–H groups in total. The molecule has 70 valence electrons. The van der Waals surface area contributed by atoms with E-state index in [4.69, 9.17) is 4.74 Å². The van der Waals surface area contributed by atoms with E-state index in [0.29, 0.717) is 5.92 Å². The molecule has 1 heterocycles. The molecule has 0 radical (unpaired) electrons. The Hall–Kier alpha value is -0.370. The normalized spacial score (nSPS) is 32.8. The zero-order chi connectivity index (χ0) is 9.03. The minimum Gasteiger partial charge on any atom is -0.367 e. The first-order chi connectivity index (χ1) is 5.75. The van der Waals surface area contributed by atoms with E-state index >= 15 is 0 Å². The number of carbonyl (C=O) groups excluding carboxylic acids is 1. The molecule has 1 aliphatic rings. The van der Waals surface area contributed by atoms with Crippen LogP contribution < -0.4 is 0 Å². The number of hydrogen-bond donors (Lipinski definition) is 0. The van der Waals surface area contributed by atoms with Gasteiger partial charge in [-0.25, -0.2) is 0 Å². The van der Waals surface area contributed by atoms with Gasteiger partial charge in [-0.1, -0.05) is 20.3 Å². The summed E-state index contributed by atoms with van der Waals surface area (Å²) in [5.74, 6) is 0.357. The molecule has 12 heavy (non-hydrogen) atoms. The van der Waals surface area contributed by atoms with Crippen molar-refractivity contribution in [2.75, 3.05) is 6.61 Å². The van der Waals surface area contributed by atoms with Gasteiger partial charge in [-0.05, 0) is 25.2 Å². The fraction of sp³-hybridized carbons (Fsp3) is 0.900. The van der Waals surface area contributed by atoms with Crippen molar-refractivity contribution >= 4 is 6.29 Å². The van der Waals surface area contributed by atoms with Crippen LogP contribution in [0.1, 0.15) is 39.5 Å².